The maximum absolute atomic E-state index is 6.48. The van der Waals surface area contributed by atoms with Crippen molar-refractivity contribution in [3.05, 3.63) is 80.0 Å². The van der Waals surface area contributed by atoms with Gasteiger partial charge in [0.25, 0.3) is 0 Å². The lowest BCUT2D eigenvalue weighted by Crippen LogP contribution is -2.12. The summed E-state index contributed by atoms with van der Waals surface area (Å²) >= 11 is 14.4. The fourth-order valence-electron chi connectivity index (χ4n) is 2.60. The molecule has 0 unspecified atom stereocenters. The van der Waals surface area contributed by atoms with E-state index >= 15 is 0 Å². The van der Waals surface area contributed by atoms with E-state index in [0.29, 0.717) is 41.3 Å². The summed E-state index contributed by atoms with van der Waals surface area (Å²) in [6, 6.07) is 15.5. The smallest absolute Gasteiger partial charge is 0.163 e. The van der Waals surface area contributed by atoms with Crippen molar-refractivity contribution < 1.29 is 9.47 Å². The molecule has 0 bridgehead atoms. The van der Waals surface area contributed by atoms with Gasteiger partial charge in [-0.3, -0.25) is 0 Å². The van der Waals surface area contributed by atoms with E-state index in [2.05, 4.69) is 16.8 Å². The molecule has 0 aliphatic heterocycles. The molecular weight excluding hydrogens is 401 g/mol. The van der Waals surface area contributed by atoms with Crippen LogP contribution >= 0.6 is 34.5 Å². The van der Waals surface area contributed by atoms with Gasteiger partial charge in [-0.1, -0.05) is 47.5 Å². The minimum atomic E-state index is 0.353. The normalized spacial score (nSPS) is 10.8. The third-order valence-corrected chi connectivity index (χ3v) is 5.55. The van der Waals surface area contributed by atoms with Crippen molar-refractivity contribution in [1.29, 1.82) is 0 Å². The van der Waals surface area contributed by atoms with E-state index in [1.165, 1.54) is 4.88 Å². The second-order valence-electron chi connectivity index (χ2n) is 5.89. The number of rotatable bonds is 9. The molecule has 0 amide bonds. The summed E-state index contributed by atoms with van der Waals surface area (Å²) in [6.07, 6.45) is 0. The molecular formula is C21H21Cl2NO2S. The molecule has 0 fully saturated rings. The molecule has 3 rings (SSSR count). The fraction of sp³-hybridized carbons (Fsp3) is 0.238. The Bertz CT molecular complexity index is 869. The van der Waals surface area contributed by atoms with Crippen LogP contribution in [0.1, 0.15) is 22.9 Å². The number of hydrogen-bond donors (Lipinski definition) is 1. The quantitative estimate of drug-likeness (QED) is 0.438. The van der Waals surface area contributed by atoms with Crippen molar-refractivity contribution >= 4 is 34.5 Å². The van der Waals surface area contributed by atoms with Gasteiger partial charge < -0.3 is 14.8 Å². The first-order valence-corrected chi connectivity index (χ1v) is 10.4. The molecule has 142 valence electrons. The van der Waals surface area contributed by atoms with Gasteiger partial charge in [0.1, 0.15) is 6.61 Å². The highest BCUT2D eigenvalue weighted by molar-refractivity contribution is 7.09. The van der Waals surface area contributed by atoms with Gasteiger partial charge in [-0.25, -0.2) is 0 Å². The van der Waals surface area contributed by atoms with Crippen LogP contribution in [0.5, 0.6) is 11.5 Å². The molecule has 0 saturated carbocycles. The number of ether oxygens (including phenoxy) is 2. The van der Waals surface area contributed by atoms with Gasteiger partial charge in [-0.15, -0.1) is 11.3 Å². The Morgan fingerprint density at radius 2 is 1.70 bits per heavy atom. The van der Waals surface area contributed by atoms with Crippen molar-refractivity contribution in [2.75, 3.05) is 6.61 Å². The van der Waals surface area contributed by atoms with Crippen molar-refractivity contribution in [2.45, 2.75) is 26.6 Å². The van der Waals surface area contributed by atoms with Crippen LogP contribution in [0.15, 0.2) is 53.9 Å². The minimum absolute atomic E-state index is 0.353. The molecule has 1 heterocycles. The molecule has 0 atom stereocenters. The number of benzene rings is 2. The van der Waals surface area contributed by atoms with Crippen LogP contribution in [0.2, 0.25) is 10.0 Å². The van der Waals surface area contributed by atoms with Gasteiger partial charge in [-0.2, -0.15) is 0 Å². The van der Waals surface area contributed by atoms with Gasteiger partial charge in [0, 0.05) is 39.6 Å². The lowest BCUT2D eigenvalue weighted by molar-refractivity contribution is 0.269. The van der Waals surface area contributed by atoms with Gasteiger partial charge in [0.15, 0.2) is 11.5 Å². The van der Waals surface area contributed by atoms with Crippen LogP contribution < -0.4 is 14.8 Å². The standard InChI is InChI=1S/C21H21Cl2NO2S/c1-2-25-20-10-16(12-24-13-17-7-5-9-27-17)19(23)11-21(20)26-14-15-6-3-4-8-18(15)22/h3-11,24H,2,12-14H2,1H3. The summed E-state index contributed by atoms with van der Waals surface area (Å²) in [6.45, 7) is 4.31. The minimum Gasteiger partial charge on any atom is -0.490 e. The Morgan fingerprint density at radius 3 is 2.44 bits per heavy atom. The van der Waals surface area contributed by atoms with E-state index < -0.39 is 0 Å². The molecule has 0 radical (unpaired) electrons. The van der Waals surface area contributed by atoms with Gasteiger partial charge >= 0.3 is 0 Å². The predicted molar refractivity (Wildman–Crippen MR) is 113 cm³/mol. The van der Waals surface area contributed by atoms with E-state index in [0.717, 1.165) is 17.7 Å². The van der Waals surface area contributed by atoms with E-state index in [1.807, 2.05) is 49.4 Å². The maximum Gasteiger partial charge on any atom is 0.163 e. The average Bonchev–Trinajstić information content (AvgIpc) is 3.17. The Morgan fingerprint density at radius 1 is 0.889 bits per heavy atom. The molecule has 1 N–H and O–H groups in total. The highest BCUT2D eigenvalue weighted by Crippen LogP contribution is 2.34. The first kappa shape index (κ1) is 20.0. The summed E-state index contributed by atoms with van der Waals surface area (Å²) in [5.74, 6) is 1.30. The van der Waals surface area contributed by atoms with E-state index in [-0.39, 0.29) is 0 Å². The monoisotopic (exact) mass is 421 g/mol. The highest BCUT2D eigenvalue weighted by Gasteiger charge is 2.12. The van der Waals surface area contributed by atoms with Crippen LogP contribution in [0.25, 0.3) is 0 Å². The van der Waals surface area contributed by atoms with Crippen LogP contribution in [-0.4, -0.2) is 6.61 Å². The number of thiophene rings is 1. The van der Waals surface area contributed by atoms with E-state index in [1.54, 1.807) is 11.3 Å². The summed E-state index contributed by atoms with van der Waals surface area (Å²) < 4.78 is 11.7. The van der Waals surface area contributed by atoms with Crippen LogP contribution in [-0.2, 0) is 19.7 Å². The molecule has 27 heavy (non-hydrogen) atoms. The topological polar surface area (TPSA) is 30.5 Å². The second kappa shape index (κ2) is 10.00. The first-order valence-electron chi connectivity index (χ1n) is 8.72. The number of hydrogen-bond acceptors (Lipinski definition) is 4. The zero-order chi connectivity index (χ0) is 19.1. The van der Waals surface area contributed by atoms with Gasteiger partial charge in [0.05, 0.1) is 6.61 Å². The molecule has 0 spiro atoms. The van der Waals surface area contributed by atoms with Crippen LogP contribution in [0.3, 0.4) is 0 Å². The number of nitrogens with one attached hydrogen (secondary N) is 1. The van der Waals surface area contributed by atoms with Crippen molar-refractivity contribution in [1.82, 2.24) is 5.32 Å². The summed E-state index contributed by atoms with van der Waals surface area (Å²) in [5.41, 5.74) is 1.89. The third kappa shape index (κ3) is 5.63. The highest BCUT2D eigenvalue weighted by atomic mass is 35.5. The largest absolute Gasteiger partial charge is 0.490 e. The molecule has 2 aromatic carbocycles. The summed E-state index contributed by atoms with van der Waals surface area (Å²) in [4.78, 5) is 1.29. The SMILES string of the molecule is CCOc1cc(CNCc2cccs2)c(Cl)cc1OCc1ccccc1Cl. The summed E-state index contributed by atoms with van der Waals surface area (Å²) in [7, 11) is 0. The Kier molecular flexibility index (Phi) is 7.41. The Labute approximate surface area is 173 Å². The zero-order valence-electron chi connectivity index (χ0n) is 15.0. The molecule has 0 aliphatic carbocycles. The zero-order valence-corrected chi connectivity index (χ0v) is 17.3. The first-order chi connectivity index (χ1) is 13.2. The molecule has 0 aliphatic rings. The lowest BCUT2D eigenvalue weighted by Gasteiger charge is -2.15. The summed E-state index contributed by atoms with van der Waals surface area (Å²) in [5, 5.41) is 6.80. The predicted octanol–water partition coefficient (Wildman–Crippen LogP) is 6.32. The van der Waals surface area contributed by atoms with Gasteiger partial charge in [0.2, 0.25) is 0 Å². The third-order valence-electron chi connectivity index (χ3n) is 3.95. The number of halogens is 2. The fourth-order valence-corrected chi connectivity index (χ4v) is 3.68. The molecule has 1 aromatic heterocycles. The molecule has 3 nitrogen and oxygen atoms in total. The lowest BCUT2D eigenvalue weighted by atomic mass is 10.2. The molecule has 0 saturated heterocycles. The van der Waals surface area contributed by atoms with Crippen molar-refractivity contribution in [3.63, 3.8) is 0 Å². The maximum atomic E-state index is 6.48. The Hall–Kier alpha value is -1.72. The van der Waals surface area contributed by atoms with Crippen molar-refractivity contribution in [3.8, 4) is 11.5 Å². The van der Waals surface area contributed by atoms with Crippen LogP contribution in [0.4, 0.5) is 0 Å². The van der Waals surface area contributed by atoms with Crippen molar-refractivity contribution in [2.24, 2.45) is 0 Å². The average molecular weight is 422 g/mol. The van der Waals surface area contributed by atoms with E-state index in [4.69, 9.17) is 32.7 Å². The molecule has 3 aromatic rings. The van der Waals surface area contributed by atoms with E-state index in [9.17, 15) is 0 Å². The van der Waals surface area contributed by atoms with Gasteiger partial charge in [-0.05, 0) is 36.1 Å². The second-order valence-corrected chi connectivity index (χ2v) is 7.73. The molecule has 6 heteroatoms. The van der Waals surface area contributed by atoms with Crippen LogP contribution in [0, 0.1) is 0 Å². The Balaban J connectivity index is 1.70.